The van der Waals surface area contributed by atoms with Gasteiger partial charge in [0.25, 0.3) is 0 Å². The van der Waals surface area contributed by atoms with Crippen LogP contribution in [0.5, 0.6) is 0 Å². The molecule has 3 aromatic rings. The summed E-state index contributed by atoms with van der Waals surface area (Å²) in [6.45, 7) is 3.32. The molecule has 0 fully saturated rings. The van der Waals surface area contributed by atoms with Crippen molar-refractivity contribution in [2.75, 3.05) is 10.6 Å². The molecule has 1 unspecified atom stereocenters. The van der Waals surface area contributed by atoms with Gasteiger partial charge in [-0.15, -0.1) is 0 Å². The van der Waals surface area contributed by atoms with Crippen LogP contribution in [0.1, 0.15) is 31.7 Å². The molecule has 2 aromatic carbocycles. The molecule has 0 bridgehead atoms. The van der Waals surface area contributed by atoms with E-state index in [4.69, 9.17) is 0 Å². The van der Waals surface area contributed by atoms with Crippen molar-refractivity contribution in [3.8, 4) is 11.3 Å². The first-order chi connectivity index (χ1) is 14.0. The van der Waals surface area contributed by atoms with Gasteiger partial charge in [-0.1, -0.05) is 31.2 Å². The number of aliphatic carboxylic acids is 1. The highest BCUT2D eigenvalue weighted by atomic mass is 16.4. The van der Waals surface area contributed by atoms with E-state index in [1.54, 1.807) is 24.4 Å². The van der Waals surface area contributed by atoms with Crippen LogP contribution in [0, 0.1) is 0 Å². The number of nitrogens with zero attached hydrogens (tertiary/aromatic N) is 2. The Kier molecular flexibility index (Phi) is 6.19. The first-order valence-corrected chi connectivity index (χ1v) is 9.27. The Balaban J connectivity index is 1.74. The van der Waals surface area contributed by atoms with Crippen molar-refractivity contribution >= 4 is 29.2 Å². The smallest absolute Gasteiger partial charge is 0.310 e. The lowest BCUT2D eigenvalue weighted by Gasteiger charge is -2.11. The van der Waals surface area contributed by atoms with E-state index in [9.17, 15) is 14.7 Å². The molecular formula is C22H22N4O3. The number of amides is 1. The summed E-state index contributed by atoms with van der Waals surface area (Å²) < 4.78 is 0. The number of anilines is 3. The highest BCUT2D eigenvalue weighted by Crippen LogP contribution is 2.24. The molecular weight excluding hydrogens is 368 g/mol. The Morgan fingerprint density at radius 3 is 2.24 bits per heavy atom. The molecule has 29 heavy (non-hydrogen) atoms. The summed E-state index contributed by atoms with van der Waals surface area (Å²) in [5, 5.41) is 15.1. The van der Waals surface area contributed by atoms with E-state index in [2.05, 4.69) is 20.6 Å². The van der Waals surface area contributed by atoms with Gasteiger partial charge in [-0.05, 0) is 42.3 Å². The number of rotatable bonds is 7. The predicted molar refractivity (Wildman–Crippen MR) is 112 cm³/mol. The van der Waals surface area contributed by atoms with Crippen molar-refractivity contribution in [3.05, 3.63) is 66.4 Å². The standard InChI is InChI=1S/C22H22N4O3/c1-3-19(21(28)29)15-4-8-18(9-5-15)25-22-23-13-12-20(26-22)16-6-10-17(11-7-16)24-14(2)27/h4-13,19H,3H2,1-2H3,(H,24,27)(H,28,29)(H,23,25,26). The van der Waals surface area contributed by atoms with E-state index in [1.165, 1.54) is 6.92 Å². The molecule has 0 radical (unpaired) electrons. The third kappa shape index (κ3) is 5.16. The SMILES string of the molecule is CCC(C(=O)O)c1ccc(Nc2nccc(-c3ccc(NC(C)=O)cc3)n2)cc1. The Labute approximate surface area is 168 Å². The molecule has 1 amide bonds. The van der Waals surface area contributed by atoms with Crippen molar-refractivity contribution in [1.82, 2.24) is 9.97 Å². The fourth-order valence-electron chi connectivity index (χ4n) is 2.99. The van der Waals surface area contributed by atoms with Crippen LogP contribution in [0.25, 0.3) is 11.3 Å². The molecule has 0 saturated heterocycles. The first kappa shape index (κ1) is 20.0. The third-order valence-corrected chi connectivity index (χ3v) is 4.43. The molecule has 7 nitrogen and oxygen atoms in total. The lowest BCUT2D eigenvalue weighted by Crippen LogP contribution is -2.10. The Hall–Kier alpha value is -3.74. The Morgan fingerprint density at radius 2 is 1.66 bits per heavy atom. The van der Waals surface area contributed by atoms with Crippen LogP contribution < -0.4 is 10.6 Å². The van der Waals surface area contributed by atoms with E-state index in [0.717, 1.165) is 28.2 Å². The van der Waals surface area contributed by atoms with Crippen molar-refractivity contribution < 1.29 is 14.7 Å². The molecule has 3 N–H and O–H groups in total. The molecule has 148 valence electrons. The second-order valence-corrected chi connectivity index (χ2v) is 6.57. The summed E-state index contributed by atoms with van der Waals surface area (Å²) in [5.74, 6) is -1.02. The maximum Gasteiger partial charge on any atom is 0.310 e. The quantitative estimate of drug-likeness (QED) is 0.551. The zero-order chi connectivity index (χ0) is 20.8. The average molecular weight is 390 g/mol. The predicted octanol–water partition coefficient (Wildman–Crippen LogP) is 4.42. The number of carboxylic acid groups (broad SMARTS) is 1. The van der Waals surface area contributed by atoms with Crippen molar-refractivity contribution in [1.29, 1.82) is 0 Å². The minimum absolute atomic E-state index is 0.120. The number of benzene rings is 2. The van der Waals surface area contributed by atoms with Crippen molar-refractivity contribution in [3.63, 3.8) is 0 Å². The average Bonchev–Trinajstić information content (AvgIpc) is 2.70. The van der Waals surface area contributed by atoms with E-state index in [1.807, 2.05) is 43.3 Å². The lowest BCUT2D eigenvalue weighted by molar-refractivity contribution is -0.138. The second-order valence-electron chi connectivity index (χ2n) is 6.57. The number of carboxylic acids is 1. The maximum absolute atomic E-state index is 11.3. The number of nitrogens with one attached hydrogen (secondary N) is 2. The van der Waals surface area contributed by atoms with Crippen LogP contribution in [0.4, 0.5) is 17.3 Å². The Bertz CT molecular complexity index is 1000. The summed E-state index contributed by atoms with van der Waals surface area (Å²) in [5.41, 5.74) is 3.89. The van der Waals surface area contributed by atoms with Crippen LogP contribution >= 0.6 is 0 Å². The van der Waals surface area contributed by atoms with E-state index < -0.39 is 11.9 Å². The van der Waals surface area contributed by atoms with Gasteiger partial charge in [0.15, 0.2) is 0 Å². The molecule has 1 atom stereocenters. The topological polar surface area (TPSA) is 104 Å². The number of aromatic nitrogens is 2. The largest absolute Gasteiger partial charge is 0.481 e. The Morgan fingerprint density at radius 1 is 1.00 bits per heavy atom. The summed E-state index contributed by atoms with van der Waals surface area (Å²) in [6.07, 6.45) is 2.20. The van der Waals surface area contributed by atoms with Gasteiger partial charge in [-0.25, -0.2) is 9.97 Å². The molecule has 0 saturated carbocycles. The van der Waals surface area contributed by atoms with Crippen LogP contribution in [-0.4, -0.2) is 27.0 Å². The minimum Gasteiger partial charge on any atom is -0.481 e. The maximum atomic E-state index is 11.3. The van der Waals surface area contributed by atoms with Gasteiger partial charge in [0.1, 0.15) is 0 Å². The summed E-state index contributed by atoms with van der Waals surface area (Å²) in [7, 11) is 0. The zero-order valence-corrected chi connectivity index (χ0v) is 16.2. The van der Waals surface area contributed by atoms with Gasteiger partial charge < -0.3 is 15.7 Å². The molecule has 0 aliphatic rings. The van der Waals surface area contributed by atoms with Crippen LogP contribution in [0.15, 0.2) is 60.8 Å². The molecule has 3 rings (SSSR count). The van der Waals surface area contributed by atoms with Crippen LogP contribution in [0.2, 0.25) is 0 Å². The normalized spacial score (nSPS) is 11.5. The van der Waals surface area contributed by atoms with Gasteiger partial charge in [0.2, 0.25) is 11.9 Å². The number of hydrogen-bond donors (Lipinski definition) is 3. The van der Waals surface area contributed by atoms with E-state index in [-0.39, 0.29) is 5.91 Å². The molecule has 1 aromatic heterocycles. The van der Waals surface area contributed by atoms with Crippen molar-refractivity contribution in [2.45, 2.75) is 26.2 Å². The number of carbonyl (C=O) groups is 2. The highest BCUT2D eigenvalue weighted by molar-refractivity contribution is 5.88. The molecule has 0 aliphatic carbocycles. The fourth-order valence-corrected chi connectivity index (χ4v) is 2.99. The number of hydrogen-bond acceptors (Lipinski definition) is 5. The third-order valence-electron chi connectivity index (χ3n) is 4.43. The van der Waals surface area contributed by atoms with Gasteiger partial charge in [0.05, 0.1) is 11.6 Å². The highest BCUT2D eigenvalue weighted by Gasteiger charge is 2.17. The monoisotopic (exact) mass is 390 g/mol. The van der Waals surface area contributed by atoms with Gasteiger partial charge >= 0.3 is 5.97 Å². The van der Waals surface area contributed by atoms with Crippen LogP contribution in [-0.2, 0) is 9.59 Å². The summed E-state index contributed by atoms with van der Waals surface area (Å²) >= 11 is 0. The minimum atomic E-state index is -0.825. The molecule has 1 heterocycles. The molecule has 0 aliphatic heterocycles. The van der Waals surface area contributed by atoms with Gasteiger partial charge in [0, 0.05) is 30.1 Å². The van der Waals surface area contributed by atoms with E-state index >= 15 is 0 Å². The van der Waals surface area contributed by atoms with E-state index in [0.29, 0.717) is 12.4 Å². The van der Waals surface area contributed by atoms with Crippen molar-refractivity contribution in [2.24, 2.45) is 0 Å². The number of carbonyl (C=O) groups excluding carboxylic acids is 1. The molecule has 0 spiro atoms. The first-order valence-electron chi connectivity index (χ1n) is 9.27. The van der Waals surface area contributed by atoms with Crippen LogP contribution in [0.3, 0.4) is 0 Å². The fraction of sp³-hybridized carbons (Fsp3) is 0.182. The second kappa shape index (κ2) is 8.97. The lowest BCUT2D eigenvalue weighted by atomic mass is 9.96. The summed E-state index contributed by atoms with van der Waals surface area (Å²) in [4.78, 5) is 31.2. The summed E-state index contributed by atoms with van der Waals surface area (Å²) in [6, 6.07) is 16.4. The van der Waals surface area contributed by atoms with Gasteiger partial charge in [-0.3, -0.25) is 9.59 Å². The molecule has 7 heteroatoms. The van der Waals surface area contributed by atoms with Gasteiger partial charge in [-0.2, -0.15) is 0 Å². The zero-order valence-electron chi connectivity index (χ0n) is 16.2.